The van der Waals surface area contributed by atoms with Crippen molar-refractivity contribution in [2.75, 3.05) is 0 Å². The summed E-state index contributed by atoms with van der Waals surface area (Å²) in [7, 11) is 0. The fourth-order valence-electron chi connectivity index (χ4n) is 0.421. The Morgan fingerprint density at radius 1 is 1.55 bits per heavy atom. The number of primary amides is 1. The predicted octanol–water partition coefficient (Wildman–Crippen LogP) is -1.39. The van der Waals surface area contributed by atoms with Crippen LogP contribution in [-0.2, 0) is 30.7 Å². The Labute approximate surface area is 76.0 Å². The van der Waals surface area contributed by atoms with E-state index in [2.05, 4.69) is 0 Å². The SMILES string of the molecule is NC(=O)[CH]([Au])C[C@H](N)C(=O)O. The van der Waals surface area contributed by atoms with Gasteiger partial charge < -0.3 is 0 Å². The molecule has 5 nitrogen and oxygen atoms in total. The van der Waals surface area contributed by atoms with Crippen LogP contribution >= 0.6 is 0 Å². The van der Waals surface area contributed by atoms with Crippen LogP contribution in [0, 0.1) is 0 Å². The van der Waals surface area contributed by atoms with E-state index in [9.17, 15) is 9.59 Å². The van der Waals surface area contributed by atoms with Gasteiger partial charge in [-0.25, -0.2) is 0 Å². The molecule has 68 valence electrons. The first-order valence-electron chi connectivity index (χ1n) is 2.82. The molecule has 0 bridgehead atoms. The maximum atomic E-state index is 10.4. The number of carbonyl (C=O) groups excluding carboxylic acids is 1. The zero-order valence-electron chi connectivity index (χ0n) is 5.58. The van der Waals surface area contributed by atoms with Gasteiger partial charge in [0.25, 0.3) is 0 Å². The number of hydrogen-bond donors (Lipinski definition) is 3. The van der Waals surface area contributed by atoms with Crippen LogP contribution in [0.1, 0.15) is 6.42 Å². The zero-order chi connectivity index (χ0) is 9.02. The minimum absolute atomic E-state index is 0.0633. The fraction of sp³-hybridized carbons (Fsp3) is 0.600. The molecule has 0 rings (SSSR count). The fourth-order valence-corrected chi connectivity index (χ4v) is 0.971. The van der Waals surface area contributed by atoms with Crippen LogP contribution < -0.4 is 11.5 Å². The van der Waals surface area contributed by atoms with E-state index in [4.69, 9.17) is 16.6 Å². The molecular weight excluding hydrogens is 333 g/mol. The van der Waals surface area contributed by atoms with Gasteiger partial charge >= 0.3 is 75.7 Å². The Morgan fingerprint density at radius 2 is 2.00 bits per heavy atom. The van der Waals surface area contributed by atoms with Gasteiger partial charge in [0.15, 0.2) is 0 Å². The van der Waals surface area contributed by atoms with Crippen molar-refractivity contribution in [2.24, 2.45) is 11.5 Å². The molecule has 1 amide bonds. The van der Waals surface area contributed by atoms with Crippen molar-refractivity contribution in [1.82, 2.24) is 0 Å². The molecule has 1 unspecified atom stereocenters. The standard InChI is InChI=1S/C5H9N2O3.Au/c6-3(5(9)10)1-2-4(7)8;/h2-3H,1,6H2,(H2,7,8)(H,9,10);/t3-;/m0./s1. The van der Waals surface area contributed by atoms with E-state index in [1.54, 1.807) is 0 Å². The van der Waals surface area contributed by atoms with E-state index in [-0.39, 0.29) is 6.42 Å². The first kappa shape index (κ1) is 10.6. The summed E-state index contributed by atoms with van der Waals surface area (Å²) >= 11 is 1.95. The summed E-state index contributed by atoms with van der Waals surface area (Å²) in [6.45, 7) is 0. The molecule has 0 heterocycles. The molecule has 0 spiro atoms. The number of hydrogen-bond acceptors (Lipinski definition) is 3. The molecule has 0 saturated heterocycles. The van der Waals surface area contributed by atoms with Crippen molar-refractivity contribution in [3.05, 3.63) is 0 Å². The van der Waals surface area contributed by atoms with Crippen LogP contribution in [0.5, 0.6) is 0 Å². The van der Waals surface area contributed by atoms with Gasteiger partial charge in [0, 0.05) is 0 Å². The predicted molar refractivity (Wildman–Crippen MR) is 33.2 cm³/mol. The van der Waals surface area contributed by atoms with Crippen LogP contribution in [0.15, 0.2) is 0 Å². The third kappa shape index (κ3) is 4.15. The van der Waals surface area contributed by atoms with E-state index in [1.165, 1.54) is 0 Å². The second kappa shape index (κ2) is 4.50. The molecule has 5 N–H and O–H groups in total. The Morgan fingerprint density at radius 3 is 2.27 bits per heavy atom. The second-order valence-electron chi connectivity index (χ2n) is 2.00. The average Bonchev–Trinajstić information content (AvgIpc) is 1.87. The van der Waals surface area contributed by atoms with Crippen molar-refractivity contribution < 1.29 is 35.8 Å². The molecule has 0 saturated carbocycles. The third-order valence-corrected chi connectivity index (χ3v) is 2.17. The van der Waals surface area contributed by atoms with E-state index in [0.29, 0.717) is 0 Å². The third-order valence-electron chi connectivity index (χ3n) is 1.05. The Kier molecular flexibility index (Phi) is 4.36. The Balaban J connectivity index is 3.84. The summed E-state index contributed by atoms with van der Waals surface area (Å²) in [6, 6.07) is -1.02. The summed E-state index contributed by atoms with van der Waals surface area (Å²) in [5.41, 5.74) is 10.0. The molecule has 2 atom stereocenters. The van der Waals surface area contributed by atoms with E-state index in [1.807, 2.05) is 21.1 Å². The topological polar surface area (TPSA) is 106 Å². The van der Waals surface area contributed by atoms with Gasteiger partial charge in [-0.2, -0.15) is 0 Å². The van der Waals surface area contributed by atoms with Crippen LogP contribution in [-0.4, -0.2) is 23.0 Å². The van der Waals surface area contributed by atoms with Crippen molar-refractivity contribution >= 4 is 11.9 Å². The van der Waals surface area contributed by atoms with E-state index >= 15 is 0 Å². The second-order valence-corrected chi connectivity index (χ2v) is 3.51. The van der Waals surface area contributed by atoms with Gasteiger partial charge in [-0.3, -0.25) is 0 Å². The maximum absolute atomic E-state index is 10.4. The molecule has 11 heavy (non-hydrogen) atoms. The van der Waals surface area contributed by atoms with Gasteiger partial charge in [0.05, 0.1) is 0 Å². The van der Waals surface area contributed by atoms with Gasteiger partial charge in [0.1, 0.15) is 0 Å². The molecule has 6 heteroatoms. The van der Waals surface area contributed by atoms with Crippen molar-refractivity contribution in [1.29, 1.82) is 0 Å². The van der Waals surface area contributed by atoms with Gasteiger partial charge in [-0.05, 0) is 0 Å². The average molecular weight is 342 g/mol. The monoisotopic (exact) mass is 342 g/mol. The normalized spacial score (nSPS) is 15.5. The molecule has 0 radical (unpaired) electrons. The molecule has 0 fully saturated rings. The molecule has 0 aliphatic carbocycles. The van der Waals surface area contributed by atoms with Crippen LogP contribution in [0.3, 0.4) is 0 Å². The van der Waals surface area contributed by atoms with Crippen LogP contribution in [0.25, 0.3) is 0 Å². The molecule has 0 aromatic heterocycles. The van der Waals surface area contributed by atoms with Gasteiger partial charge in [0.2, 0.25) is 0 Å². The first-order chi connectivity index (χ1) is 4.95. The van der Waals surface area contributed by atoms with E-state index in [0.717, 1.165) is 0 Å². The van der Waals surface area contributed by atoms with Crippen molar-refractivity contribution in [2.45, 2.75) is 16.6 Å². The number of aliphatic carboxylic acids is 1. The number of carboxylic acids is 1. The minimum atomic E-state index is -1.12. The van der Waals surface area contributed by atoms with Gasteiger partial charge in [-0.1, -0.05) is 0 Å². The number of amides is 1. The number of carbonyl (C=O) groups is 2. The Hall–Kier alpha value is -0.360. The van der Waals surface area contributed by atoms with Crippen molar-refractivity contribution in [3.63, 3.8) is 0 Å². The van der Waals surface area contributed by atoms with Crippen LogP contribution in [0.4, 0.5) is 0 Å². The summed E-state index contributed by atoms with van der Waals surface area (Å²) < 4.78 is -0.541. The summed E-state index contributed by atoms with van der Waals surface area (Å²) in [6.07, 6.45) is 0.0633. The van der Waals surface area contributed by atoms with E-state index < -0.39 is 22.1 Å². The molecule has 0 aliphatic rings. The van der Waals surface area contributed by atoms with Crippen molar-refractivity contribution in [3.8, 4) is 0 Å². The molecule has 0 aromatic rings. The number of nitrogens with two attached hydrogens (primary N) is 2. The summed E-state index contributed by atoms with van der Waals surface area (Å²) in [5.74, 6) is -1.67. The molecule has 0 aliphatic heterocycles. The summed E-state index contributed by atoms with van der Waals surface area (Å²) in [5, 5.41) is 8.33. The molecule has 0 aromatic carbocycles. The Bertz CT molecular complexity index is 155. The first-order valence-corrected chi connectivity index (χ1v) is 4.07. The zero-order valence-corrected chi connectivity index (χ0v) is 7.75. The summed E-state index contributed by atoms with van der Waals surface area (Å²) in [4.78, 5) is 20.6. The van der Waals surface area contributed by atoms with Crippen LogP contribution in [0.2, 0.25) is 4.14 Å². The number of carboxylic acid groups (broad SMARTS) is 1. The molecular formula is C5H9AuN2O3. The van der Waals surface area contributed by atoms with Gasteiger partial charge in [-0.15, -0.1) is 0 Å². The quantitative estimate of drug-likeness (QED) is 0.547. The number of rotatable bonds is 4.